The van der Waals surface area contributed by atoms with Gasteiger partial charge in [0.25, 0.3) is 0 Å². The third-order valence-corrected chi connectivity index (χ3v) is 5.00. The molecule has 0 aromatic carbocycles. The van der Waals surface area contributed by atoms with Crippen LogP contribution in [0.1, 0.15) is 20.3 Å². The van der Waals surface area contributed by atoms with Crippen LogP contribution >= 0.6 is 0 Å². The quantitative estimate of drug-likeness (QED) is 0.688. The summed E-state index contributed by atoms with van der Waals surface area (Å²) in [5.41, 5.74) is 0. The van der Waals surface area contributed by atoms with Crippen LogP contribution in [0.5, 0.6) is 0 Å². The second-order valence-corrected chi connectivity index (χ2v) is 5.97. The summed E-state index contributed by atoms with van der Waals surface area (Å²) >= 11 is 0. The van der Waals surface area contributed by atoms with Gasteiger partial charge in [0.2, 0.25) is 0 Å². The maximum absolute atomic E-state index is 11.5. The van der Waals surface area contributed by atoms with E-state index < -0.39 is 9.84 Å². The first-order chi connectivity index (χ1) is 5.58. The lowest BCUT2D eigenvalue weighted by Crippen LogP contribution is -2.43. The van der Waals surface area contributed by atoms with E-state index in [4.69, 9.17) is 0 Å². The van der Waals surface area contributed by atoms with E-state index in [0.29, 0.717) is 0 Å². The zero-order valence-electron chi connectivity index (χ0n) is 7.71. The molecule has 0 radical (unpaired) electrons. The van der Waals surface area contributed by atoms with E-state index in [1.54, 1.807) is 6.92 Å². The summed E-state index contributed by atoms with van der Waals surface area (Å²) in [4.78, 5) is 0. The molecule has 1 heterocycles. The first kappa shape index (κ1) is 9.99. The first-order valence-electron chi connectivity index (χ1n) is 4.50. The van der Waals surface area contributed by atoms with Crippen molar-refractivity contribution >= 4 is 9.84 Å². The van der Waals surface area contributed by atoms with Gasteiger partial charge in [-0.2, -0.15) is 0 Å². The van der Waals surface area contributed by atoms with Crippen molar-refractivity contribution in [3.63, 3.8) is 0 Å². The highest BCUT2D eigenvalue weighted by Crippen LogP contribution is 2.19. The van der Waals surface area contributed by atoms with Crippen LogP contribution in [-0.4, -0.2) is 32.5 Å². The van der Waals surface area contributed by atoms with Gasteiger partial charge < -0.3 is 5.32 Å². The normalized spacial score (nSPS) is 31.8. The largest absolute Gasteiger partial charge is 0.316 e. The van der Waals surface area contributed by atoms with Gasteiger partial charge in [0, 0.05) is 5.75 Å². The van der Waals surface area contributed by atoms with Gasteiger partial charge in [0.1, 0.15) is 0 Å². The number of hydrogen-bond donors (Lipinski definition) is 1. The molecule has 72 valence electrons. The Kier molecular flexibility index (Phi) is 3.12. The fraction of sp³-hybridized carbons (Fsp3) is 1.00. The molecule has 1 fully saturated rings. The summed E-state index contributed by atoms with van der Waals surface area (Å²) < 4.78 is 23.1. The van der Waals surface area contributed by atoms with Crippen molar-refractivity contribution < 1.29 is 8.42 Å². The Hall–Kier alpha value is -0.0900. The van der Waals surface area contributed by atoms with E-state index in [0.717, 1.165) is 19.5 Å². The molecule has 4 heteroatoms. The molecular formula is C8H17NO2S. The van der Waals surface area contributed by atoms with Gasteiger partial charge in [-0.15, -0.1) is 0 Å². The zero-order chi connectivity index (χ0) is 9.19. The molecule has 0 amide bonds. The third-order valence-electron chi connectivity index (χ3n) is 2.57. The molecule has 0 aromatic heterocycles. The lowest BCUT2D eigenvalue weighted by atomic mass is 10.0. The average molecular weight is 191 g/mol. The maximum atomic E-state index is 11.5. The van der Waals surface area contributed by atoms with Crippen molar-refractivity contribution in [3.8, 4) is 0 Å². The topological polar surface area (TPSA) is 46.2 Å². The molecule has 3 nitrogen and oxygen atoms in total. The highest BCUT2D eigenvalue weighted by Gasteiger charge is 2.31. The molecule has 0 aromatic rings. The Morgan fingerprint density at radius 2 is 2.17 bits per heavy atom. The molecule has 1 rings (SSSR count). The van der Waals surface area contributed by atoms with E-state index in [1.165, 1.54) is 0 Å². The molecule has 1 N–H and O–H groups in total. The second kappa shape index (κ2) is 3.75. The van der Waals surface area contributed by atoms with E-state index in [2.05, 4.69) is 5.32 Å². The van der Waals surface area contributed by atoms with Crippen LogP contribution in [0.25, 0.3) is 0 Å². The van der Waals surface area contributed by atoms with Crippen molar-refractivity contribution in [2.75, 3.05) is 18.8 Å². The minimum atomic E-state index is -2.81. The standard InChI is InChI=1S/C8H17NO2S/c1-3-12(10,11)8-4-5-9-6-7(8)2/h7-9H,3-6H2,1-2H3/t7-,8?/m1/s1. The monoisotopic (exact) mass is 191 g/mol. The fourth-order valence-corrected chi connectivity index (χ4v) is 3.45. The van der Waals surface area contributed by atoms with E-state index in [1.807, 2.05) is 6.92 Å². The predicted molar refractivity (Wildman–Crippen MR) is 49.9 cm³/mol. The van der Waals surface area contributed by atoms with E-state index >= 15 is 0 Å². The Bertz CT molecular complexity index is 235. The van der Waals surface area contributed by atoms with Gasteiger partial charge in [0.05, 0.1) is 5.25 Å². The number of nitrogens with one attached hydrogen (secondary N) is 1. The summed E-state index contributed by atoms with van der Waals surface area (Å²) in [7, 11) is -2.81. The van der Waals surface area contributed by atoms with Crippen LogP contribution in [0.15, 0.2) is 0 Å². The minimum absolute atomic E-state index is 0.108. The minimum Gasteiger partial charge on any atom is -0.316 e. The Morgan fingerprint density at radius 3 is 2.67 bits per heavy atom. The molecule has 1 aliphatic rings. The highest BCUT2D eigenvalue weighted by atomic mass is 32.2. The van der Waals surface area contributed by atoms with Gasteiger partial charge in [-0.05, 0) is 25.4 Å². The number of piperidine rings is 1. The molecule has 0 saturated carbocycles. The van der Waals surface area contributed by atoms with Crippen LogP contribution < -0.4 is 5.32 Å². The SMILES string of the molecule is CCS(=O)(=O)C1CCNC[C@H]1C. The van der Waals surface area contributed by atoms with Gasteiger partial charge in [-0.1, -0.05) is 13.8 Å². The Morgan fingerprint density at radius 1 is 1.50 bits per heavy atom. The van der Waals surface area contributed by atoms with E-state index in [9.17, 15) is 8.42 Å². The van der Waals surface area contributed by atoms with Crippen LogP contribution in [-0.2, 0) is 9.84 Å². The van der Waals surface area contributed by atoms with Crippen molar-refractivity contribution in [2.45, 2.75) is 25.5 Å². The van der Waals surface area contributed by atoms with Crippen LogP contribution in [0.2, 0.25) is 0 Å². The number of rotatable bonds is 2. The van der Waals surface area contributed by atoms with Gasteiger partial charge >= 0.3 is 0 Å². The first-order valence-corrected chi connectivity index (χ1v) is 6.21. The molecule has 1 unspecified atom stereocenters. The van der Waals surface area contributed by atoms with Crippen LogP contribution in [0.3, 0.4) is 0 Å². The summed E-state index contributed by atoms with van der Waals surface area (Å²) in [5, 5.41) is 3.09. The molecular weight excluding hydrogens is 174 g/mol. The Labute approximate surface area is 74.5 Å². The maximum Gasteiger partial charge on any atom is 0.153 e. The lowest BCUT2D eigenvalue weighted by molar-refractivity contribution is 0.399. The predicted octanol–water partition coefficient (Wildman–Crippen LogP) is 0.419. The third kappa shape index (κ3) is 1.98. The average Bonchev–Trinajstić information content (AvgIpc) is 2.05. The molecule has 2 atom stereocenters. The lowest BCUT2D eigenvalue weighted by Gasteiger charge is -2.28. The molecule has 0 bridgehead atoms. The van der Waals surface area contributed by atoms with Gasteiger partial charge in [-0.25, -0.2) is 8.42 Å². The van der Waals surface area contributed by atoms with E-state index in [-0.39, 0.29) is 16.9 Å². The van der Waals surface area contributed by atoms with Gasteiger partial charge in [-0.3, -0.25) is 0 Å². The van der Waals surface area contributed by atoms with Crippen molar-refractivity contribution in [1.82, 2.24) is 5.32 Å². The molecule has 0 spiro atoms. The highest BCUT2D eigenvalue weighted by molar-refractivity contribution is 7.92. The summed E-state index contributed by atoms with van der Waals surface area (Å²) in [6.45, 7) is 5.41. The van der Waals surface area contributed by atoms with Gasteiger partial charge in [0.15, 0.2) is 9.84 Å². The summed E-state index contributed by atoms with van der Waals surface area (Å²) in [6, 6.07) is 0. The van der Waals surface area contributed by atoms with Crippen LogP contribution in [0, 0.1) is 5.92 Å². The van der Waals surface area contributed by atoms with Crippen LogP contribution in [0.4, 0.5) is 0 Å². The molecule has 1 saturated heterocycles. The Balaban J connectivity index is 2.72. The molecule has 0 aliphatic carbocycles. The van der Waals surface area contributed by atoms with Crippen molar-refractivity contribution in [1.29, 1.82) is 0 Å². The number of hydrogen-bond acceptors (Lipinski definition) is 3. The molecule has 1 aliphatic heterocycles. The van der Waals surface area contributed by atoms with Crippen molar-refractivity contribution in [2.24, 2.45) is 5.92 Å². The fourth-order valence-electron chi connectivity index (χ4n) is 1.74. The zero-order valence-corrected chi connectivity index (χ0v) is 8.52. The number of sulfone groups is 1. The second-order valence-electron chi connectivity index (χ2n) is 3.46. The summed E-state index contributed by atoms with van der Waals surface area (Å²) in [5.74, 6) is 0.547. The smallest absolute Gasteiger partial charge is 0.153 e. The summed E-state index contributed by atoms with van der Waals surface area (Å²) in [6.07, 6.45) is 0.775. The molecule has 12 heavy (non-hydrogen) atoms. The van der Waals surface area contributed by atoms with Crippen molar-refractivity contribution in [3.05, 3.63) is 0 Å².